The standard InChI is InChI=1S/C11H13ClFNOSi/c1-16(2,3)15-11(7-14)9-5-4-8(13)6-10(9)12/h4-6,11H,1-3H3. The van der Waals surface area contributed by atoms with Gasteiger partial charge in [-0.1, -0.05) is 17.7 Å². The lowest BCUT2D eigenvalue weighted by molar-refractivity contribution is 0.255. The van der Waals surface area contributed by atoms with E-state index in [0.29, 0.717) is 5.56 Å². The molecular formula is C11H13ClFNOSi. The third-order valence-electron chi connectivity index (χ3n) is 1.83. The summed E-state index contributed by atoms with van der Waals surface area (Å²) in [4.78, 5) is 0. The van der Waals surface area contributed by atoms with Crippen molar-refractivity contribution in [2.75, 3.05) is 0 Å². The molecule has 0 fully saturated rings. The average molecular weight is 258 g/mol. The minimum atomic E-state index is -1.84. The molecule has 0 bridgehead atoms. The summed E-state index contributed by atoms with van der Waals surface area (Å²) < 4.78 is 18.5. The Bertz CT molecular complexity index is 425. The zero-order valence-electron chi connectivity index (χ0n) is 9.42. The number of hydrogen-bond donors (Lipinski definition) is 0. The van der Waals surface area contributed by atoms with Crippen LogP contribution in [0.4, 0.5) is 4.39 Å². The van der Waals surface area contributed by atoms with Crippen LogP contribution >= 0.6 is 11.6 Å². The van der Waals surface area contributed by atoms with E-state index in [4.69, 9.17) is 21.3 Å². The van der Waals surface area contributed by atoms with Gasteiger partial charge in [0.15, 0.2) is 14.4 Å². The summed E-state index contributed by atoms with van der Waals surface area (Å²) >= 11 is 5.88. The Kier molecular flexibility index (Phi) is 4.08. The van der Waals surface area contributed by atoms with Crippen LogP contribution in [-0.4, -0.2) is 8.32 Å². The quantitative estimate of drug-likeness (QED) is 0.770. The van der Waals surface area contributed by atoms with Gasteiger partial charge in [-0.2, -0.15) is 5.26 Å². The fourth-order valence-electron chi connectivity index (χ4n) is 1.23. The minimum Gasteiger partial charge on any atom is -0.399 e. The van der Waals surface area contributed by atoms with E-state index in [2.05, 4.69) is 0 Å². The van der Waals surface area contributed by atoms with Gasteiger partial charge in [-0.15, -0.1) is 0 Å². The van der Waals surface area contributed by atoms with Crippen molar-refractivity contribution in [3.05, 3.63) is 34.6 Å². The second-order valence-electron chi connectivity index (χ2n) is 4.41. The second-order valence-corrected chi connectivity index (χ2v) is 9.27. The van der Waals surface area contributed by atoms with E-state index < -0.39 is 20.2 Å². The minimum absolute atomic E-state index is 0.227. The Morgan fingerprint density at radius 3 is 2.50 bits per heavy atom. The van der Waals surface area contributed by atoms with Crippen molar-refractivity contribution in [1.82, 2.24) is 0 Å². The molecule has 2 nitrogen and oxygen atoms in total. The van der Waals surface area contributed by atoms with Crippen LogP contribution in [0.5, 0.6) is 0 Å². The molecule has 0 N–H and O–H groups in total. The Morgan fingerprint density at radius 2 is 2.06 bits per heavy atom. The molecule has 1 aromatic rings. The summed E-state index contributed by atoms with van der Waals surface area (Å²) in [6, 6.07) is 6.00. The lowest BCUT2D eigenvalue weighted by Gasteiger charge is -2.22. The summed E-state index contributed by atoms with van der Waals surface area (Å²) in [5.41, 5.74) is 0.521. The number of hydrogen-bond acceptors (Lipinski definition) is 2. The van der Waals surface area contributed by atoms with Gasteiger partial charge in [-0.05, 0) is 31.8 Å². The molecule has 0 saturated heterocycles. The normalized spacial score (nSPS) is 13.2. The average Bonchev–Trinajstić information content (AvgIpc) is 2.13. The number of nitrogens with zero attached hydrogens (tertiary/aromatic N) is 1. The van der Waals surface area contributed by atoms with Crippen LogP contribution in [0.25, 0.3) is 0 Å². The highest BCUT2D eigenvalue weighted by molar-refractivity contribution is 6.69. The predicted octanol–water partition coefficient (Wildman–Crippen LogP) is 3.90. The van der Waals surface area contributed by atoms with Gasteiger partial charge in [0.05, 0.1) is 11.1 Å². The van der Waals surface area contributed by atoms with Gasteiger partial charge in [0.25, 0.3) is 0 Å². The van der Waals surface area contributed by atoms with Gasteiger partial charge in [0.2, 0.25) is 0 Å². The third kappa shape index (κ3) is 3.60. The first-order valence-electron chi connectivity index (χ1n) is 4.86. The highest BCUT2D eigenvalue weighted by Crippen LogP contribution is 2.28. The van der Waals surface area contributed by atoms with Gasteiger partial charge in [-0.25, -0.2) is 4.39 Å². The molecule has 0 amide bonds. The summed E-state index contributed by atoms with van der Waals surface area (Å²) in [7, 11) is -1.84. The maximum absolute atomic E-state index is 12.9. The predicted molar refractivity (Wildman–Crippen MR) is 64.2 cm³/mol. The molecule has 0 saturated carbocycles. The molecule has 86 valence electrons. The van der Waals surface area contributed by atoms with Crippen LogP contribution in [0.2, 0.25) is 24.7 Å². The third-order valence-corrected chi connectivity index (χ3v) is 3.10. The first kappa shape index (κ1) is 13.2. The monoisotopic (exact) mass is 257 g/mol. The van der Waals surface area contributed by atoms with E-state index in [1.165, 1.54) is 18.2 Å². The van der Waals surface area contributed by atoms with Crippen molar-refractivity contribution in [3.8, 4) is 6.07 Å². The maximum atomic E-state index is 12.9. The molecular weight excluding hydrogens is 245 g/mol. The highest BCUT2D eigenvalue weighted by atomic mass is 35.5. The molecule has 0 aliphatic rings. The van der Waals surface area contributed by atoms with Gasteiger partial charge >= 0.3 is 0 Å². The molecule has 1 rings (SSSR count). The van der Waals surface area contributed by atoms with E-state index >= 15 is 0 Å². The number of benzene rings is 1. The van der Waals surface area contributed by atoms with Gasteiger partial charge in [0.1, 0.15) is 5.82 Å². The van der Waals surface area contributed by atoms with Crippen LogP contribution in [0.3, 0.4) is 0 Å². The lowest BCUT2D eigenvalue weighted by Crippen LogP contribution is -2.27. The molecule has 5 heteroatoms. The van der Waals surface area contributed by atoms with Crippen molar-refractivity contribution in [3.63, 3.8) is 0 Å². The van der Waals surface area contributed by atoms with Crippen LogP contribution in [0, 0.1) is 17.1 Å². The fraction of sp³-hybridized carbons (Fsp3) is 0.364. The molecule has 0 aliphatic heterocycles. The van der Waals surface area contributed by atoms with Crippen LogP contribution < -0.4 is 0 Å². The van der Waals surface area contributed by atoms with Crippen molar-refractivity contribution < 1.29 is 8.82 Å². The van der Waals surface area contributed by atoms with Crippen molar-refractivity contribution in [1.29, 1.82) is 5.26 Å². The fourth-order valence-corrected chi connectivity index (χ4v) is 2.38. The zero-order chi connectivity index (χ0) is 12.3. The Morgan fingerprint density at radius 1 is 1.44 bits per heavy atom. The summed E-state index contributed by atoms with van der Waals surface area (Å²) in [5, 5.41) is 9.26. The number of halogens is 2. The summed E-state index contributed by atoms with van der Waals surface area (Å²) in [5.74, 6) is -0.418. The van der Waals surface area contributed by atoms with E-state index in [9.17, 15) is 4.39 Å². The molecule has 1 unspecified atom stereocenters. The Labute approximate surface area is 101 Å². The Hall–Kier alpha value is -0.893. The van der Waals surface area contributed by atoms with Gasteiger partial charge in [0, 0.05) is 5.56 Å². The Balaban J connectivity index is 3.01. The topological polar surface area (TPSA) is 33.0 Å². The molecule has 0 aliphatic carbocycles. The highest BCUT2D eigenvalue weighted by Gasteiger charge is 2.23. The van der Waals surface area contributed by atoms with Crippen molar-refractivity contribution in [2.24, 2.45) is 0 Å². The maximum Gasteiger partial charge on any atom is 0.186 e. The number of nitriles is 1. The first-order valence-corrected chi connectivity index (χ1v) is 8.64. The van der Waals surface area contributed by atoms with Crippen LogP contribution in [0.1, 0.15) is 11.7 Å². The lowest BCUT2D eigenvalue weighted by atomic mass is 10.1. The van der Waals surface area contributed by atoms with Crippen molar-refractivity contribution in [2.45, 2.75) is 25.7 Å². The second kappa shape index (κ2) is 4.96. The summed E-state index contributed by atoms with van der Waals surface area (Å²) in [6.45, 7) is 5.94. The van der Waals surface area contributed by atoms with Gasteiger partial charge < -0.3 is 4.43 Å². The van der Waals surface area contributed by atoms with Crippen molar-refractivity contribution >= 4 is 19.9 Å². The molecule has 16 heavy (non-hydrogen) atoms. The summed E-state index contributed by atoms with van der Waals surface area (Å²) in [6.07, 6.45) is -0.722. The smallest absolute Gasteiger partial charge is 0.186 e. The molecule has 0 heterocycles. The molecule has 1 aromatic carbocycles. The first-order chi connectivity index (χ1) is 7.33. The van der Waals surface area contributed by atoms with E-state index in [1.54, 1.807) is 0 Å². The van der Waals surface area contributed by atoms with Crippen LogP contribution in [0.15, 0.2) is 18.2 Å². The van der Waals surface area contributed by atoms with Crippen LogP contribution in [-0.2, 0) is 4.43 Å². The van der Waals surface area contributed by atoms with E-state index in [0.717, 1.165) is 0 Å². The molecule has 0 spiro atoms. The zero-order valence-corrected chi connectivity index (χ0v) is 11.2. The SMILES string of the molecule is C[Si](C)(C)OC(C#N)c1ccc(F)cc1Cl. The largest absolute Gasteiger partial charge is 0.399 e. The van der Waals surface area contributed by atoms with E-state index in [-0.39, 0.29) is 5.02 Å². The van der Waals surface area contributed by atoms with E-state index in [1.807, 2.05) is 25.7 Å². The number of rotatable bonds is 3. The molecule has 1 atom stereocenters. The van der Waals surface area contributed by atoms with Gasteiger partial charge in [-0.3, -0.25) is 0 Å². The molecule has 0 aromatic heterocycles. The molecule has 0 radical (unpaired) electrons.